The fourth-order valence-electron chi connectivity index (χ4n) is 3.36. The van der Waals surface area contributed by atoms with Crippen molar-refractivity contribution in [3.63, 3.8) is 0 Å². The number of benzene rings is 1. The van der Waals surface area contributed by atoms with Crippen LogP contribution in [0, 0.1) is 0 Å². The van der Waals surface area contributed by atoms with Crippen LogP contribution in [-0.4, -0.2) is 35.0 Å². The molecule has 2 aromatic rings. The lowest BCUT2D eigenvalue weighted by Gasteiger charge is -2.45. The van der Waals surface area contributed by atoms with E-state index in [4.69, 9.17) is 4.74 Å². The zero-order valence-corrected chi connectivity index (χ0v) is 15.0. The standard InChI is InChI=1S/C17H23N3O2S/c1-16(2)9-12(14(21)17(3,4)20-16)19-15-18-11-7-6-10(22-5)8-13(11)23-15/h6-8,12,20H,9H2,1-5H3,(H,18,19). The van der Waals surface area contributed by atoms with Crippen molar-refractivity contribution in [2.75, 3.05) is 12.4 Å². The van der Waals surface area contributed by atoms with Crippen molar-refractivity contribution in [2.24, 2.45) is 0 Å². The zero-order chi connectivity index (χ0) is 16.8. The van der Waals surface area contributed by atoms with Gasteiger partial charge < -0.3 is 15.4 Å². The number of thiazole rings is 1. The van der Waals surface area contributed by atoms with Crippen molar-refractivity contribution in [2.45, 2.75) is 51.2 Å². The van der Waals surface area contributed by atoms with Gasteiger partial charge in [0, 0.05) is 5.54 Å². The molecule has 1 fully saturated rings. The van der Waals surface area contributed by atoms with Gasteiger partial charge in [-0.1, -0.05) is 11.3 Å². The highest BCUT2D eigenvalue weighted by Gasteiger charge is 2.44. The second-order valence-electron chi connectivity index (χ2n) is 7.25. The van der Waals surface area contributed by atoms with Crippen LogP contribution in [0.5, 0.6) is 5.75 Å². The van der Waals surface area contributed by atoms with Gasteiger partial charge in [0.15, 0.2) is 10.9 Å². The third-order valence-electron chi connectivity index (χ3n) is 4.19. The van der Waals surface area contributed by atoms with Crippen molar-refractivity contribution in [1.29, 1.82) is 0 Å². The van der Waals surface area contributed by atoms with Crippen LogP contribution in [0.4, 0.5) is 5.13 Å². The molecule has 124 valence electrons. The molecule has 6 heteroatoms. The van der Waals surface area contributed by atoms with Crippen LogP contribution in [0.25, 0.3) is 10.2 Å². The number of nitrogens with one attached hydrogen (secondary N) is 2. The van der Waals surface area contributed by atoms with Crippen LogP contribution >= 0.6 is 11.3 Å². The summed E-state index contributed by atoms with van der Waals surface area (Å²) < 4.78 is 6.30. The molecule has 23 heavy (non-hydrogen) atoms. The number of fused-ring (bicyclic) bond motifs is 1. The number of aromatic nitrogens is 1. The minimum Gasteiger partial charge on any atom is -0.497 e. The highest BCUT2D eigenvalue weighted by molar-refractivity contribution is 7.22. The molecule has 2 N–H and O–H groups in total. The molecule has 1 aliphatic heterocycles. The molecule has 2 heterocycles. The molecule has 0 amide bonds. The lowest BCUT2D eigenvalue weighted by molar-refractivity contribution is -0.128. The summed E-state index contributed by atoms with van der Waals surface area (Å²) in [7, 11) is 1.65. The summed E-state index contributed by atoms with van der Waals surface area (Å²) in [6, 6.07) is 5.57. The molecule has 0 aliphatic carbocycles. The highest BCUT2D eigenvalue weighted by atomic mass is 32.1. The van der Waals surface area contributed by atoms with Crippen molar-refractivity contribution < 1.29 is 9.53 Å². The topological polar surface area (TPSA) is 63.2 Å². The largest absolute Gasteiger partial charge is 0.497 e. The number of nitrogens with zero attached hydrogens (tertiary/aromatic N) is 1. The average molecular weight is 333 g/mol. The van der Waals surface area contributed by atoms with Gasteiger partial charge in [0.05, 0.1) is 28.9 Å². The molecule has 0 spiro atoms. The molecule has 1 aromatic heterocycles. The van der Waals surface area contributed by atoms with Gasteiger partial charge >= 0.3 is 0 Å². The fraction of sp³-hybridized carbons (Fsp3) is 0.529. The molecule has 0 radical (unpaired) electrons. The average Bonchev–Trinajstić information content (AvgIpc) is 2.84. The predicted molar refractivity (Wildman–Crippen MR) is 94.5 cm³/mol. The number of hydrogen-bond acceptors (Lipinski definition) is 6. The van der Waals surface area contributed by atoms with Gasteiger partial charge in [0.2, 0.25) is 0 Å². The van der Waals surface area contributed by atoms with Crippen LogP contribution in [0.15, 0.2) is 18.2 Å². The fourth-order valence-corrected chi connectivity index (χ4v) is 4.30. The summed E-state index contributed by atoms with van der Waals surface area (Å²) in [5.41, 5.74) is 0.270. The quantitative estimate of drug-likeness (QED) is 0.903. The number of hydrogen-bond donors (Lipinski definition) is 2. The molecule has 0 bridgehead atoms. The number of piperidine rings is 1. The van der Waals surface area contributed by atoms with E-state index in [1.165, 1.54) is 0 Å². The number of ether oxygens (including phenoxy) is 1. The number of methoxy groups -OCH3 is 1. The Balaban J connectivity index is 1.87. The normalized spacial score (nSPS) is 23.0. The van der Waals surface area contributed by atoms with Crippen molar-refractivity contribution >= 4 is 32.5 Å². The number of ketones is 1. The van der Waals surface area contributed by atoms with E-state index in [0.29, 0.717) is 0 Å². The lowest BCUT2D eigenvalue weighted by Crippen LogP contribution is -2.66. The van der Waals surface area contributed by atoms with Crippen LogP contribution < -0.4 is 15.4 Å². The minimum absolute atomic E-state index is 0.102. The highest BCUT2D eigenvalue weighted by Crippen LogP contribution is 2.32. The van der Waals surface area contributed by atoms with Crippen molar-refractivity contribution in [1.82, 2.24) is 10.3 Å². The van der Waals surface area contributed by atoms with E-state index in [-0.39, 0.29) is 17.4 Å². The molecule has 1 aliphatic rings. The van der Waals surface area contributed by atoms with E-state index < -0.39 is 5.54 Å². The molecular formula is C17H23N3O2S. The first-order valence-corrected chi connectivity index (χ1v) is 8.57. The van der Waals surface area contributed by atoms with E-state index >= 15 is 0 Å². The third kappa shape index (κ3) is 3.19. The van der Waals surface area contributed by atoms with E-state index in [9.17, 15) is 4.79 Å². The minimum atomic E-state index is -0.542. The zero-order valence-electron chi connectivity index (χ0n) is 14.2. The number of Topliss-reactive ketones (excluding diaryl/α,β-unsaturated/α-hetero) is 1. The SMILES string of the molecule is COc1ccc2nc(NC3CC(C)(C)NC(C)(C)C3=O)sc2c1. The smallest absolute Gasteiger partial charge is 0.184 e. The van der Waals surface area contributed by atoms with E-state index in [1.54, 1.807) is 18.4 Å². The molecule has 5 nitrogen and oxygen atoms in total. The van der Waals surface area contributed by atoms with Gasteiger partial charge in [-0.15, -0.1) is 0 Å². The first-order chi connectivity index (χ1) is 10.7. The van der Waals surface area contributed by atoms with E-state index in [2.05, 4.69) is 29.5 Å². The summed E-state index contributed by atoms with van der Waals surface area (Å²) in [5.74, 6) is 0.988. The van der Waals surface area contributed by atoms with Crippen LogP contribution in [0.2, 0.25) is 0 Å². The second-order valence-corrected chi connectivity index (χ2v) is 8.28. The number of carbonyl (C=O) groups excluding carboxylic acids is 1. The molecule has 1 unspecified atom stereocenters. The molecule has 3 rings (SSSR count). The maximum absolute atomic E-state index is 12.7. The lowest BCUT2D eigenvalue weighted by atomic mass is 9.78. The second kappa shape index (κ2) is 5.46. The summed E-state index contributed by atoms with van der Waals surface area (Å²) in [6.07, 6.45) is 0.731. The van der Waals surface area contributed by atoms with E-state index in [0.717, 1.165) is 27.5 Å². The number of anilines is 1. The Hall–Kier alpha value is -1.66. The summed E-state index contributed by atoms with van der Waals surface area (Å²) in [5, 5.41) is 7.54. The Morgan fingerprint density at radius 1 is 1.35 bits per heavy atom. The van der Waals surface area contributed by atoms with Crippen LogP contribution in [0.3, 0.4) is 0 Å². The Morgan fingerprint density at radius 3 is 2.78 bits per heavy atom. The van der Waals surface area contributed by atoms with Gasteiger partial charge in [-0.25, -0.2) is 4.98 Å². The summed E-state index contributed by atoms with van der Waals surface area (Å²) >= 11 is 1.55. The molecular weight excluding hydrogens is 310 g/mol. The summed E-state index contributed by atoms with van der Waals surface area (Å²) in [4.78, 5) is 17.3. The Bertz CT molecular complexity index is 751. The van der Waals surface area contributed by atoms with Gasteiger partial charge in [0.25, 0.3) is 0 Å². The predicted octanol–water partition coefficient (Wildman–Crippen LogP) is 3.21. The first kappa shape index (κ1) is 16.2. The van der Waals surface area contributed by atoms with Gasteiger partial charge in [-0.05, 0) is 52.3 Å². The van der Waals surface area contributed by atoms with Crippen LogP contribution in [-0.2, 0) is 4.79 Å². The van der Waals surface area contributed by atoms with Crippen molar-refractivity contribution in [3.8, 4) is 5.75 Å². The third-order valence-corrected chi connectivity index (χ3v) is 5.14. The van der Waals surface area contributed by atoms with Gasteiger partial charge in [-0.3, -0.25) is 4.79 Å². The Morgan fingerprint density at radius 2 is 2.09 bits per heavy atom. The number of carbonyl (C=O) groups is 1. The van der Waals surface area contributed by atoms with Gasteiger partial charge in [-0.2, -0.15) is 0 Å². The molecule has 0 saturated carbocycles. The first-order valence-electron chi connectivity index (χ1n) is 7.75. The van der Waals surface area contributed by atoms with Gasteiger partial charge in [0.1, 0.15) is 5.75 Å². The van der Waals surface area contributed by atoms with Crippen molar-refractivity contribution in [3.05, 3.63) is 18.2 Å². The maximum atomic E-state index is 12.7. The monoisotopic (exact) mass is 333 g/mol. The summed E-state index contributed by atoms with van der Waals surface area (Å²) in [6.45, 7) is 8.13. The Kier molecular flexibility index (Phi) is 3.84. The molecule has 1 atom stereocenters. The number of rotatable bonds is 3. The Labute approximate surface area is 140 Å². The van der Waals surface area contributed by atoms with Crippen LogP contribution in [0.1, 0.15) is 34.1 Å². The molecule has 1 aromatic carbocycles. The van der Waals surface area contributed by atoms with E-state index in [1.807, 2.05) is 32.0 Å². The molecule has 1 saturated heterocycles. The maximum Gasteiger partial charge on any atom is 0.184 e.